The molecule has 1 unspecified atom stereocenters. The average molecular weight is 297 g/mol. The lowest BCUT2D eigenvalue weighted by molar-refractivity contribution is -0.141. The number of carbonyl (C=O) groups excluding carboxylic acids is 1. The maximum absolute atomic E-state index is 11.6. The zero-order valence-corrected chi connectivity index (χ0v) is 12.5. The van der Waals surface area contributed by atoms with Gasteiger partial charge in [-0.3, -0.25) is 4.79 Å². The highest BCUT2D eigenvalue weighted by molar-refractivity contribution is 6.20. The van der Waals surface area contributed by atoms with Gasteiger partial charge in [-0.2, -0.15) is 0 Å². The van der Waals surface area contributed by atoms with Crippen LogP contribution < -0.4 is 4.74 Å². The molecule has 0 aliphatic heterocycles. The zero-order valence-electron chi connectivity index (χ0n) is 11.7. The SMILES string of the molecule is CCOc1cccc2c1nc(C(C)Cl)n2CC(=O)OC. The Kier molecular flexibility index (Phi) is 4.49. The van der Waals surface area contributed by atoms with E-state index >= 15 is 0 Å². The van der Waals surface area contributed by atoms with Crippen LogP contribution >= 0.6 is 11.6 Å². The summed E-state index contributed by atoms with van der Waals surface area (Å²) in [6.45, 7) is 4.36. The van der Waals surface area contributed by atoms with Crippen LogP contribution in [0.3, 0.4) is 0 Å². The molecule has 0 bridgehead atoms. The third-order valence-corrected chi connectivity index (χ3v) is 3.14. The van der Waals surface area contributed by atoms with E-state index < -0.39 is 0 Å². The molecular formula is C14H17ClN2O3. The molecule has 6 heteroatoms. The first-order chi connectivity index (χ1) is 9.58. The standard InChI is InChI=1S/C14H17ClN2O3/c1-4-20-11-7-5-6-10-13(11)16-14(9(2)15)17(10)8-12(18)19-3/h5-7,9H,4,8H2,1-3H3. The molecule has 5 nitrogen and oxygen atoms in total. The highest BCUT2D eigenvalue weighted by Gasteiger charge is 2.19. The van der Waals surface area contributed by atoms with Crippen LogP contribution in [-0.2, 0) is 16.1 Å². The monoisotopic (exact) mass is 296 g/mol. The number of hydrogen-bond donors (Lipinski definition) is 0. The number of esters is 1. The van der Waals surface area contributed by atoms with Crippen LogP contribution in [0, 0.1) is 0 Å². The van der Waals surface area contributed by atoms with Crippen molar-refractivity contribution in [3.63, 3.8) is 0 Å². The van der Waals surface area contributed by atoms with Crippen LogP contribution in [0.1, 0.15) is 25.0 Å². The normalized spacial score (nSPS) is 12.4. The predicted molar refractivity (Wildman–Crippen MR) is 77.2 cm³/mol. The Morgan fingerprint density at radius 1 is 1.50 bits per heavy atom. The van der Waals surface area contributed by atoms with Gasteiger partial charge in [0.2, 0.25) is 0 Å². The first kappa shape index (κ1) is 14.7. The fraction of sp³-hybridized carbons (Fsp3) is 0.429. The van der Waals surface area contributed by atoms with Crippen molar-refractivity contribution in [2.75, 3.05) is 13.7 Å². The number of hydrogen-bond acceptors (Lipinski definition) is 4. The van der Waals surface area contributed by atoms with Crippen LogP contribution in [0.2, 0.25) is 0 Å². The summed E-state index contributed by atoms with van der Waals surface area (Å²) in [4.78, 5) is 16.1. The molecule has 108 valence electrons. The lowest BCUT2D eigenvalue weighted by atomic mass is 10.3. The molecule has 0 aliphatic carbocycles. The lowest BCUT2D eigenvalue weighted by Crippen LogP contribution is -2.14. The number of carbonyl (C=O) groups is 1. The molecule has 1 heterocycles. The van der Waals surface area contributed by atoms with E-state index in [0.717, 1.165) is 5.52 Å². The van der Waals surface area contributed by atoms with Gasteiger partial charge in [0.05, 0.1) is 24.6 Å². The highest BCUT2D eigenvalue weighted by atomic mass is 35.5. The van der Waals surface area contributed by atoms with Gasteiger partial charge in [-0.05, 0) is 26.0 Å². The van der Waals surface area contributed by atoms with Crippen LogP contribution in [0.4, 0.5) is 0 Å². The fourth-order valence-corrected chi connectivity index (χ4v) is 2.24. The van der Waals surface area contributed by atoms with E-state index in [4.69, 9.17) is 21.1 Å². The minimum atomic E-state index is -0.343. The van der Waals surface area contributed by atoms with Crippen molar-refractivity contribution < 1.29 is 14.3 Å². The summed E-state index contributed by atoms with van der Waals surface area (Å²) in [6, 6.07) is 5.60. The molecule has 0 radical (unpaired) electrons. The van der Waals surface area contributed by atoms with Gasteiger partial charge in [-0.25, -0.2) is 4.98 Å². The number of halogens is 1. The average Bonchev–Trinajstić information content (AvgIpc) is 2.79. The van der Waals surface area contributed by atoms with E-state index in [0.29, 0.717) is 23.7 Å². The van der Waals surface area contributed by atoms with E-state index in [9.17, 15) is 4.79 Å². The van der Waals surface area contributed by atoms with Crippen molar-refractivity contribution >= 4 is 28.6 Å². The number of alkyl halides is 1. The lowest BCUT2D eigenvalue weighted by Gasteiger charge is -2.09. The molecular weight excluding hydrogens is 280 g/mol. The second kappa shape index (κ2) is 6.13. The van der Waals surface area contributed by atoms with E-state index in [1.807, 2.05) is 32.0 Å². The number of ether oxygens (including phenoxy) is 2. The summed E-state index contributed by atoms with van der Waals surface area (Å²) in [5.74, 6) is 0.969. The Bertz CT molecular complexity index is 622. The van der Waals surface area contributed by atoms with Gasteiger partial charge in [0.25, 0.3) is 0 Å². The first-order valence-corrected chi connectivity index (χ1v) is 6.85. The first-order valence-electron chi connectivity index (χ1n) is 6.41. The third-order valence-electron chi connectivity index (χ3n) is 2.94. The van der Waals surface area contributed by atoms with E-state index in [1.54, 1.807) is 4.57 Å². The maximum Gasteiger partial charge on any atom is 0.325 e. The second-order valence-electron chi connectivity index (χ2n) is 4.31. The summed E-state index contributed by atoms with van der Waals surface area (Å²) in [5, 5.41) is -0.318. The topological polar surface area (TPSA) is 53.4 Å². The Morgan fingerprint density at radius 3 is 2.85 bits per heavy atom. The van der Waals surface area contributed by atoms with Gasteiger partial charge in [-0.15, -0.1) is 11.6 Å². The van der Waals surface area contributed by atoms with Gasteiger partial charge >= 0.3 is 5.97 Å². The van der Waals surface area contributed by atoms with Crippen molar-refractivity contribution in [1.82, 2.24) is 9.55 Å². The van der Waals surface area contributed by atoms with E-state index in [2.05, 4.69) is 4.98 Å². The third kappa shape index (κ3) is 2.72. The molecule has 0 amide bonds. The predicted octanol–water partition coefficient (Wildman–Crippen LogP) is 2.91. The van der Waals surface area contributed by atoms with Crippen molar-refractivity contribution in [3.8, 4) is 5.75 Å². The molecule has 0 aliphatic rings. The quantitative estimate of drug-likeness (QED) is 0.629. The van der Waals surface area contributed by atoms with Gasteiger partial charge in [0, 0.05) is 0 Å². The molecule has 0 fully saturated rings. The molecule has 20 heavy (non-hydrogen) atoms. The van der Waals surface area contributed by atoms with Crippen molar-refractivity contribution in [1.29, 1.82) is 0 Å². The number of fused-ring (bicyclic) bond motifs is 1. The number of aromatic nitrogens is 2. The minimum absolute atomic E-state index is 0.0783. The summed E-state index contributed by atoms with van der Waals surface area (Å²) in [6.07, 6.45) is 0. The van der Waals surface area contributed by atoms with Crippen LogP contribution in [0.5, 0.6) is 5.75 Å². The van der Waals surface area contributed by atoms with E-state index in [1.165, 1.54) is 7.11 Å². The van der Waals surface area contributed by atoms with Crippen LogP contribution in [0.15, 0.2) is 18.2 Å². The molecule has 1 aromatic carbocycles. The Labute approximate surface area is 122 Å². The molecule has 0 N–H and O–H groups in total. The summed E-state index contributed by atoms with van der Waals surface area (Å²) < 4.78 is 12.1. The van der Waals surface area contributed by atoms with Crippen LogP contribution in [0.25, 0.3) is 11.0 Å². The van der Waals surface area contributed by atoms with Gasteiger partial charge in [0.1, 0.15) is 23.6 Å². The molecule has 1 atom stereocenters. The summed E-state index contributed by atoms with van der Waals surface area (Å²) in [7, 11) is 1.36. The number of methoxy groups -OCH3 is 1. The van der Waals surface area contributed by atoms with Crippen molar-refractivity contribution in [2.24, 2.45) is 0 Å². The molecule has 2 rings (SSSR count). The van der Waals surface area contributed by atoms with E-state index in [-0.39, 0.29) is 17.9 Å². The number of benzene rings is 1. The number of rotatable bonds is 5. The Hall–Kier alpha value is -1.75. The highest BCUT2D eigenvalue weighted by Crippen LogP contribution is 2.30. The molecule has 0 saturated heterocycles. The number of para-hydroxylation sites is 1. The Balaban J connectivity index is 2.60. The Morgan fingerprint density at radius 2 is 2.25 bits per heavy atom. The summed E-state index contributed by atoms with van der Waals surface area (Å²) >= 11 is 6.16. The molecule has 0 saturated carbocycles. The van der Waals surface area contributed by atoms with Crippen molar-refractivity contribution in [2.45, 2.75) is 25.8 Å². The van der Waals surface area contributed by atoms with Gasteiger partial charge < -0.3 is 14.0 Å². The second-order valence-corrected chi connectivity index (χ2v) is 4.96. The zero-order chi connectivity index (χ0) is 14.7. The minimum Gasteiger partial charge on any atom is -0.492 e. The van der Waals surface area contributed by atoms with Gasteiger partial charge in [0.15, 0.2) is 0 Å². The molecule has 1 aromatic heterocycles. The van der Waals surface area contributed by atoms with Gasteiger partial charge in [-0.1, -0.05) is 6.07 Å². The molecule has 0 spiro atoms. The van der Waals surface area contributed by atoms with Crippen LogP contribution in [-0.4, -0.2) is 29.2 Å². The number of nitrogens with zero attached hydrogens (tertiary/aromatic N) is 2. The maximum atomic E-state index is 11.6. The largest absolute Gasteiger partial charge is 0.492 e. The van der Waals surface area contributed by atoms with Crippen molar-refractivity contribution in [3.05, 3.63) is 24.0 Å². The molecule has 2 aromatic rings. The smallest absolute Gasteiger partial charge is 0.325 e. The summed E-state index contributed by atoms with van der Waals surface area (Å²) in [5.41, 5.74) is 1.52. The fourth-order valence-electron chi connectivity index (χ4n) is 2.07. The number of imidazole rings is 1.